The summed E-state index contributed by atoms with van der Waals surface area (Å²) in [7, 11) is -3.44. The molecule has 170 valence electrons. The Morgan fingerprint density at radius 1 is 1.19 bits per heavy atom. The molecule has 2 heterocycles. The first-order valence-electron chi connectivity index (χ1n) is 10.5. The number of sulfone groups is 1. The molecule has 1 amide bonds. The molecule has 1 fully saturated rings. The Bertz CT molecular complexity index is 1250. The van der Waals surface area contributed by atoms with E-state index < -0.39 is 9.84 Å². The van der Waals surface area contributed by atoms with E-state index in [9.17, 15) is 13.2 Å². The van der Waals surface area contributed by atoms with Gasteiger partial charge in [0.05, 0.1) is 22.8 Å². The number of aryl methyl sites for hydroxylation is 2. The number of amides is 1. The van der Waals surface area contributed by atoms with E-state index in [0.29, 0.717) is 42.5 Å². The summed E-state index contributed by atoms with van der Waals surface area (Å²) in [6.07, 6.45) is 1.18. The zero-order valence-corrected chi connectivity index (χ0v) is 20.1. The molecule has 0 bridgehead atoms. The number of morpholine rings is 1. The summed E-state index contributed by atoms with van der Waals surface area (Å²) >= 11 is 1.34. The molecule has 0 atom stereocenters. The smallest absolute Gasteiger partial charge is 0.260 e. The van der Waals surface area contributed by atoms with Gasteiger partial charge in [-0.2, -0.15) is 0 Å². The molecular formula is C23H27N3O4S2. The number of hydrogen-bond donors (Lipinski definition) is 0. The zero-order chi connectivity index (χ0) is 22.9. The molecule has 2 aromatic carbocycles. The maximum absolute atomic E-state index is 13.6. The second kappa shape index (κ2) is 9.27. The molecular weight excluding hydrogens is 446 g/mol. The molecule has 32 heavy (non-hydrogen) atoms. The standard InChI is InChI=1S/C23H27N3O4S2/c1-16-7-8-18(17(2)15-16)22(27)26(10-9-25-11-13-30-14-12-25)23-24-21-19(31-23)5-4-6-20(21)32(3,28)29/h4-8,15H,9-14H2,1-3H3. The van der Waals surface area contributed by atoms with Crippen molar-refractivity contribution in [3.63, 3.8) is 0 Å². The van der Waals surface area contributed by atoms with Crippen molar-refractivity contribution in [1.82, 2.24) is 9.88 Å². The third-order valence-electron chi connectivity index (χ3n) is 5.60. The summed E-state index contributed by atoms with van der Waals surface area (Å²) in [5.41, 5.74) is 3.04. The van der Waals surface area contributed by atoms with Crippen molar-refractivity contribution in [3.05, 3.63) is 53.1 Å². The second-order valence-electron chi connectivity index (χ2n) is 8.10. The van der Waals surface area contributed by atoms with Crippen molar-refractivity contribution < 1.29 is 17.9 Å². The first-order chi connectivity index (χ1) is 15.2. The van der Waals surface area contributed by atoms with E-state index in [0.717, 1.165) is 28.9 Å². The summed E-state index contributed by atoms with van der Waals surface area (Å²) < 4.78 is 30.7. The molecule has 1 saturated heterocycles. The topological polar surface area (TPSA) is 79.8 Å². The number of nitrogens with zero attached hydrogens (tertiary/aromatic N) is 3. The van der Waals surface area contributed by atoms with Gasteiger partial charge in [0.1, 0.15) is 5.52 Å². The van der Waals surface area contributed by atoms with E-state index in [1.54, 1.807) is 17.0 Å². The van der Waals surface area contributed by atoms with Gasteiger partial charge in [0.2, 0.25) is 0 Å². The van der Waals surface area contributed by atoms with Gasteiger partial charge >= 0.3 is 0 Å². The van der Waals surface area contributed by atoms with Crippen LogP contribution in [0, 0.1) is 13.8 Å². The predicted octanol–water partition coefficient (Wildman–Crippen LogP) is 3.30. The zero-order valence-electron chi connectivity index (χ0n) is 18.5. The lowest BCUT2D eigenvalue weighted by Gasteiger charge is -2.29. The monoisotopic (exact) mass is 473 g/mol. The van der Waals surface area contributed by atoms with E-state index in [2.05, 4.69) is 9.88 Å². The van der Waals surface area contributed by atoms with Crippen LogP contribution in [0.5, 0.6) is 0 Å². The van der Waals surface area contributed by atoms with Crippen LogP contribution in [0.1, 0.15) is 21.5 Å². The Morgan fingerprint density at radius 3 is 2.62 bits per heavy atom. The van der Waals surface area contributed by atoms with Crippen LogP contribution >= 0.6 is 11.3 Å². The molecule has 1 aliphatic heterocycles. The number of rotatable bonds is 6. The number of hydrogen-bond acceptors (Lipinski definition) is 7. The fraction of sp³-hybridized carbons (Fsp3) is 0.391. The number of fused-ring (bicyclic) bond motifs is 1. The van der Waals surface area contributed by atoms with E-state index in [-0.39, 0.29) is 10.8 Å². The molecule has 9 heteroatoms. The average molecular weight is 474 g/mol. The van der Waals surface area contributed by atoms with Crippen LogP contribution in [-0.2, 0) is 14.6 Å². The van der Waals surface area contributed by atoms with Crippen LogP contribution < -0.4 is 4.90 Å². The Hall–Kier alpha value is -2.33. The predicted molar refractivity (Wildman–Crippen MR) is 128 cm³/mol. The Balaban J connectivity index is 1.73. The Kier molecular flexibility index (Phi) is 6.62. The largest absolute Gasteiger partial charge is 0.379 e. The Morgan fingerprint density at radius 2 is 1.94 bits per heavy atom. The molecule has 0 aliphatic carbocycles. The van der Waals surface area contributed by atoms with Crippen LogP contribution in [-0.4, -0.2) is 69.9 Å². The highest BCUT2D eigenvalue weighted by Gasteiger charge is 2.25. The van der Waals surface area contributed by atoms with Crippen LogP contribution in [0.15, 0.2) is 41.3 Å². The first kappa shape index (κ1) is 22.8. The number of thiazole rings is 1. The number of ether oxygens (including phenoxy) is 1. The summed E-state index contributed by atoms with van der Waals surface area (Å²) in [6, 6.07) is 10.9. The SMILES string of the molecule is Cc1ccc(C(=O)N(CCN2CCOCC2)c2nc3c(S(C)(=O)=O)cccc3s2)c(C)c1. The highest BCUT2D eigenvalue weighted by atomic mass is 32.2. The molecule has 1 aromatic heterocycles. The van der Waals surface area contributed by atoms with Crippen molar-refractivity contribution in [3.8, 4) is 0 Å². The Labute approximate surface area is 192 Å². The molecule has 4 rings (SSSR count). The normalized spacial score (nSPS) is 15.2. The van der Waals surface area contributed by atoms with Gasteiger partial charge in [0, 0.05) is 38.0 Å². The third kappa shape index (κ3) is 4.85. The van der Waals surface area contributed by atoms with Gasteiger partial charge in [0.15, 0.2) is 15.0 Å². The van der Waals surface area contributed by atoms with Gasteiger partial charge in [-0.05, 0) is 37.6 Å². The van der Waals surface area contributed by atoms with Gasteiger partial charge in [-0.3, -0.25) is 14.6 Å². The van der Waals surface area contributed by atoms with Crippen LogP contribution in [0.2, 0.25) is 0 Å². The lowest BCUT2D eigenvalue weighted by molar-refractivity contribution is 0.0391. The lowest BCUT2D eigenvalue weighted by atomic mass is 10.0. The summed E-state index contributed by atoms with van der Waals surface area (Å²) in [6.45, 7) is 8.09. The molecule has 1 aliphatic rings. The van der Waals surface area contributed by atoms with Crippen molar-refractivity contribution in [2.75, 3.05) is 50.5 Å². The molecule has 0 unspecified atom stereocenters. The van der Waals surface area contributed by atoms with Crippen molar-refractivity contribution in [1.29, 1.82) is 0 Å². The van der Waals surface area contributed by atoms with Crippen molar-refractivity contribution >= 4 is 42.4 Å². The van der Waals surface area contributed by atoms with E-state index in [4.69, 9.17) is 4.74 Å². The van der Waals surface area contributed by atoms with Gasteiger partial charge in [-0.25, -0.2) is 13.4 Å². The van der Waals surface area contributed by atoms with Gasteiger partial charge < -0.3 is 4.74 Å². The van der Waals surface area contributed by atoms with Crippen molar-refractivity contribution in [2.24, 2.45) is 0 Å². The van der Waals surface area contributed by atoms with Crippen LogP contribution in [0.25, 0.3) is 10.2 Å². The average Bonchev–Trinajstić information content (AvgIpc) is 3.17. The number of carbonyl (C=O) groups excluding carboxylic acids is 1. The van der Waals surface area contributed by atoms with Crippen molar-refractivity contribution in [2.45, 2.75) is 18.7 Å². The number of benzene rings is 2. The minimum Gasteiger partial charge on any atom is -0.379 e. The van der Waals surface area contributed by atoms with Gasteiger partial charge in [0.25, 0.3) is 5.91 Å². The molecule has 0 saturated carbocycles. The number of anilines is 1. The minimum atomic E-state index is -3.44. The van der Waals surface area contributed by atoms with Gasteiger partial charge in [-0.1, -0.05) is 35.1 Å². The number of aromatic nitrogens is 1. The first-order valence-corrected chi connectivity index (χ1v) is 13.2. The summed E-state index contributed by atoms with van der Waals surface area (Å²) in [4.78, 5) is 22.4. The van der Waals surface area contributed by atoms with E-state index in [1.165, 1.54) is 17.6 Å². The number of carbonyl (C=O) groups is 1. The van der Waals surface area contributed by atoms with Crippen LogP contribution in [0.3, 0.4) is 0 Å². The molecule has 3 aromatic rings. The second-order valence-corrected chi connectivity index (χ2v) is 11.1. The van der Waals surface area contributed by atoms with E-state index in [1.807, 2.05) is 38.1 Å². The fourth-order valence-corrected chi connectivity index (χ4v) is 5.79. The molecule has 0 radical (unpaired) electrons. The molecule has 0 spiro atoms. The minimum absolute atomic E-state index is 0.129. The molecule has 0 N–H and O–H groups in total. The summed E-state index contributed by atoms with van der Waals surface area (Å²) in [5.74, 6) is -0.129. The fourth-order valence-electron chi connectivity index (χ4n) is 3.88. The quantitative estimate of drug-likeness (QED) is 0.547. The third-order valence-corrected chi connectivity index (χ3v) is 7.77. The van der Waals surface area contributed by atoms with Gasteiger partial charge in [-0.15, -0.1) is 0 Å². The highest BCUT2D eigenvalue weighted by molar-refractivity contribution is 7.91. The maximum atomic E-state index is 13.6. The van der Waals surface area contributed by atoms with E-state index >= 15 is 0 Å². The molecule has 7 nitrogen and oxygen atoms in total. The number of para-hydroxylation sites is 1. The maximum Gasteiger partial charge on any atom is 0.260 e. The lowest BCUT2D eigenvalue weighted by Crippen LogP contribution is -2.43. The summed E-state index contributed by atoms with van der Waals surface area (Å²) in [5, 5.41) is 0.509. The highest BCUT2D eigenvalue weighted by Crippen LogP contribution is 2.33. The van der Waals surface area contributed by atoms with Crippen LogP contribution in [0.4, 0.5) is 5.13 Å².